The van der Waals surface area contributed by atoms with Crippen LogP contribution in [0.25, 0.3) is 0 Å². The van der Waals surface area contributed by atoms with Crippen LogP contribution in [0.5, 0.6) is 0 Å². The number of hydrogen-bond donors (Lipinski definition) is 1. The van der Waals surface area contributed by atoms with E-state index in [2.05, 4.69) is 21.2 Å². The molecule has 0 amide bonds. The van der Waals surface area contributed by atoms with Crippen molar-refractivity contribution >= 4 is 27.3 Å². The van der Waals surface area contributed by atoms with Crippen molar-refractivity contribution in [1.29, 1.82) is 0 Å². The molecular weight excluding hydrogens is 344 g/mol. The molecule has 108 valence electrons. The van der Waals surface area contributed by atoms with Gasteiger partial charge in [0.2, 0.25) is 0 Å². The van der Waals surface area contributed by atoms with E-state index in [1.165, 1.54) is 12.1 Å². The first-order valence-electron chi connectivity index (χ1n) is 6.44. The zero-order valence-electron chi connectivity index (χ0n) is 11.3. The Balaban J connectivity index is 2.38. The molecule has 0 spiro atoms. The summed E-state index contributed by atoms with van der Waals surface area (Å²) >= 11 is 5.05. The van der Waals surface area contributed by atoms with Gasteiger partial charge in [-0.15, -0.1) is 11.3 Å². The maximum atomic E-state index is 14.3. The fourth-order valence-corrected chi connectivity index (χ4v) is 3.74. The molecule has 0 aliphatic carbocycles. The van der Waals surface area contributed by atoms with Crippen LogP contribution in [0.15, 0.2) is 28.1 Å². The van der Waals surface area contributed by atoms with Gasteiger partial charge < -0.3 is 5.32 Å². The smallest absolute Gasteiger partial charge is 0.133 e. The van der Waals surface area contributed by atoms with Crippen LogP contribution in [-0.4, -0.2) is 6.54 Å². The highest BCUT2D eigenvalue weighted by molar-refractivity contribution is 9.10. The minimum absolute atomic E-state index is 0.132. The van der Waals surface area contributed by atoms with E-state index in [1.54, 1.807) is 18.3 Å². The number of likely N-dealkylation sites (N-methyl/N-ethyl adjacent to an activating group) is 1. The summed E-state index contributed by atoms with van der Waals surface area (Å²) in [5.74, 6) is -0.949. The lowest BCUT2D eigenvalue weighted by atomic mass is 9.99. The Morgan fingerprint density at radius 3 is 2.65 bits per heavy atom. The van der Waals surface area contributed by atoms with Crippen molar-refractivity contribution < 1.29 is 8.78 Å². The molecule has 5 heteroatoms. The molecule has 0 radical (unpaired) electrons. The van der Waals surface area contributed by atoms with E-state index in [-0.39, 0.29) is 11.6 Å². The fraction of sp³-hybridized carbons (Fsp3) is 0.333. The zero-order valence-corrected chi connectivity index (χ0v) is 13.7. The van der Waals surface area contributed by atoms with Gasteiger partial charge in [0.15, 0.2) is 0 Å². The molecule has 0 saturated carbocycles. The SMILES string of the molecule is CCNC(Cc1sccc1Br)c1c(F)ccc(C)c1F. The molecule has 0 saturated heterocycles. The number of hydrogen-bond acceptors (Lipinski definition) is 2. The maximum Gasteiger partial charge on any atom is 0.133 e. The highest BCUT2D eigenvalue weighted by Crippen LogP contribution is 2.31. The van der Waals surface area contributed by atoms with Crippen molar-refractivity contribution in [3.63, 3.8) is 0 Å². The number of nitrogens with one attached hydrogen (secondary N) is 1. The Morgan fingerprint density at radius 2 is 2.05 bits per heavy atom. The number of benzene rings is 1. The first-order chi connectivity index (χ1) is 9.54. The lowest BCUT2D eigenvalue weighted by molar-refractivity contribution is 0.471. The average molecular weight is 360 g/mol. The molecule has 2 rings (SSSR count). The highest BCUT2D eigenvalue weighted by atomic mass is 79.9. The van der Waals surface area contributed by atoms with E-state index in [4.69, 9.17) is 0 Å². The van der Waals surface area contributed by atoms with Gasteiger partial charge in [0.05, 0.1) is 0 Å². The molecule has 1 atom stereocenters. The molecule has 0 aliphatic rings. The van der Waals surface area contributed by atoms with Crippen molar-refractivity contribution in [3.05, 3.63) is 55.7 Å². The van der Waals surface area contributed by atoms with Crippen molar-refractivity contribution in [2.24, 2.45) is 0 Å². The number of aryl methyl sites for hydroxylation is 1. The second-order valence-corrected chi connectivity index (χ2v) is 6.45. The standard InChI is InChI=1S/C15H16BrF2NS/c1-3-19-12(8-13-10(16)6-7-20-13)14-11(17)5-4-9(2)15(14)18/h4-7,12,19H,3,8H2,1-2H3. The zero-order chi connectivity index (χ0) is 14.7. The molecule has 1 unspecified atom stereocenters. The van der Waals surface area contributed by atoms with Crippen LogP contribution in [-0.2, 0) is 6.42 Å². The van der Waals surface area contributed by atoms with Crippen LogP contribution < -0.4 is 5.32 Å². The van der Waals surface area contributed by atoms with E-state index in [1.807, 2.05) is 18.4 Å². The van der Waals surface area contributed by atoms with Gasteiger partial charge in [-0.1, -0.05) is 13.0 Å². The summed E-state index contributed by atoms with van der Waals surface area (Å²) in [6.07, 6.45) is 0.559. The lowest BCUT2D eigenvalue weighted by Crippen LogP contribution is -2.25. The first-order valence-corrected chi connectivity index (χ1v) is 8.11. The van der Waals surface area contributed by atoms with Gasteiger partial charge in [-0.05, 0) is 52.5 Å². The molecule has 20 heavy (non-hydrogen) atoms. The molecule has 1 aromatic carbocycles. The van der Waals surface area contributed by atoms with Crippen molar-refractivity contribution in [2.75, 3.05) is 6.54 Å². The molecule has 1 N–H and O–H groups in total. The van der Waals surface area contributed by atoms with Gasteiger partial charge in [-0.25, -0.2) is 8.78 Å². The third kappa shape index (κ3) is 3.27. The Bertz CT molecular complexity index is 598. The van der Waals surface area contributed by atoms with Crippen LogP contribution in [0.2, 0.25) is 0 Å². The van der Waals surface area contributed by atoms with Crippen LogP contribution in [0.3, 0.4) is 0 Å². The number of halogens is 3. The van der Waals surface area contributed by atoms with Crippen LogP contribution >= 0.6 is 27.3 Å². The molecule has 1 aromatic heterocycles. The summed E-state index contributed by atoms with van der Waals surface area (Å²) in [4.78, 5) is 1.08. The highest BCUT2D eigenvalue weighted by Gasteiger charge is 2.22. The van der Waals surface area contributed by atoms with Gasteiger partial charge in [0.1, 0.15) is 11.6 Å². The second-order valence-electron chi connectivity index (χ2n) is 4.60. The molecule has 2 aromatic rings. The minimum atomic E-state index is -0.494. The van der Waals surface area contributed by atoms with E-state index in [9.17, 15) is 8.78 Å². The third-order valence-electron chi connectivity index (χ3n) is 3.20. The quantitative estimate of drug-likeness (QED) is 0.792. The topological polar surface area (TPSA) is 12.0 Å². The Kier molecular flexibility index (Phi) is 5.29. The average Bonchev–Trinajstić information content (AvgIpc) is 2.80. The monoisotopic (exact) mass is 359 g/mol. The second kappa shape index (κ2) is 6.78. The van der Waals surface area contributed by atoms with Crippen molar-refractivity contribution in [2.45, 2.75) is 26.3 Å². The summed E-state index contributed by atoms with van der Waals surface area (Å²) in [6, 6.07) is 4.39. The van der Waals surface area contributed by atoms with Gasteiger partial charge in [-0.2, -0.15) is 0 Å². The molecular formula is C15H16BrF2NS. The summed E-state index contributed by atoms with van der Waals surface area (Å²) in [6.45, 7) is 4.24. The summed E-state index contributed by atoms with van der Waals surface area (Å²) in [5, 5.41) is 5.14. The van der Waals surface area contributed by atoms with Crippen molar-refractivity contribution in [1.82, 2.24) is 5.32 Å². The Labute approximate surface area is 130 Å². The van der Waals surface area contributed by atoms with E-state index >= 15 is 0 Å². The molecule has 1 nitrogen and oxygen atoms in total. The third-order valence-corrected chi connectivity index (χ3v) is 5.15. The van der Waals surface area contributed by atoms with E-state index in [0.29, 0.717) is 18.5 Å². The number of rotatable bonds is 5. The van der Waals surface area contributed by atoms with E-state index < -0.39 is 11.6 Å². The van der Waals surface area contributed by atoms with Crippen molar-refractivity contribution in [3.8, 4) is 0 Å². The number of thiophene rings is 1. The van der Waals surface area contributed by atoms with Crippen LogP contribution in [0.4, 0.5) is 8.78 Å². The summed E-state index contributed by atoms with van der Waals surface area (Å²) in [7, 11) is 0. The van der Waals surface area contributed by atoms with Crippen LogP contribution in [0.1, 0.15) is 29.0 Å². The Hall–Kier alpha value is -0.780. The van der Waals surface area contributed by atoms with E-state index in [0.717, 1.165) is 9.35 Å². The summed E-state index contributed by atoms with van der Waals surface area (Å²) in [5.41, 5.74) is 0.599. The molecule has 0 aliphatic heterocycles. The molecule has 0 bridgehead atoms. The molecule has 1 heterocycles. The fourth-order valence-electron chi connectivity index (χ4n) is 2.18. The van der Waals surface area contributed by atoms with Gasteiger partial charge >= 0.3 is 0 Å². The van der Waals surface area contributed by atoms with Gasteiger partial charge in [0.25, 0.3) is 0 Å². The lowest BCUT2D eigenvalue weighted by Gasteiger charge is -2.20. The van der Waals surface area contributed by atoms with Gasteiger partial charge in [-0.3, -0.25) is 0 Å². The van der Waals surface area contributed by atoms with Gasteiger partial charge in [0, 0.05) is 27.4 Å². The normalized spacial score (nSPS) is 12.7. The Morgan fingerprint density at radius 1 is 1.30 bits per heavy atom. The predicted molar refractivity (Wildman–Crippen MR) is 83.2 cm³/mol. The minimum Gasteiger partial charge on any atom is -0.310 e. The summed E-state index contributed by atoms with van der Waals surface area (Å²) < 4.78 is 29.3. The maximum absolute atomic E-state index is 14.3. The largest absolute Gasteiger partial charge is 0.310 e. The van der Waals surface area contributed by atoms with Crippen LogP contribution in [0, 0.1) is 18.6 Å². The predicted octanol–water partition coefficient (Wildman–Crippen LogP) is 4.99. The first kappa shape index (κ1) is 15.6. The molecule has 0 fully saturated rings.